The standard InChI is InChI=1S/C22H29N3O2/c1-22(2,3)18-12-10-17(11-13-18)16-25(4)20(26)14-15-23-21(27)24-19-8-6-5-7-9-19/h5-13H,14-16H2,1-4H3,(H2,23,24,27). The van der Waals surface area contributed by atoms with E-state index >= 15 is 0 Å². The van der Waals surface area contributed by atoms with Crippen LogP contribution >= 0.6 is 0 Å². The molecule has 3 amide bonds. The second-order valence-electron chi connectivity index (χ2n) is 7.69. The molecule has 2 rings (SSSR count). The molecule has 27 heavy (non-hydrogen) atoms. The van der Waals surface area contributed by atoms with Crippen LogP contribution in [-0.2, 0) is 16.8 Å². The molecule has 0 bridgehead atoms. The first-order valence-corrected chi connectivity index (χ1v) is 9.19. The van der Waals surface area contributed by atoms with Gasteiger partial charge in [0.15, 0.2) is 0 Å². The smallest absolute Gasteiger partial charge is 0.319 e. The quantitative estimate of drug-likeness (QED) is 0.805. The van der Waals surface area contributed by atoms with E-state index in [1.54, 1.807) is 11.9 Å². The SMILES string of the molecule is CN(Cc1ccc(C(C)(C)C)cc1)C(=O)CCNC(=O)Nc1ccccc1. The third kappa shape index (κ3) is 6.77. The summed E-state index contributed by atoms with van der Waals surface area (Å²) in [6, 6.07) is 17.2. The van der Waals surface area contributed by atoms with E-state index in [1.807, 2.05) is 30.3 Å². The fourth-order valence-corrected chi connectivity index (χ4v) is 2.64. The number of para-hydroxylation sites is 1. The van der Waals surface area contributed by atoms with Crippen molar-refractivity contribution < 1.29 is 9.59 Å². The van der Waals surface area contributed by atoms with Gasteiger partial charge in [-0.1, -0.05) is 63.2 Å². The number of anilines is 1. The number of nitrogens with zero attached hydrogens (tertiary/aromatic N) is 1. The molecule has 0 aromatic heterocycles. The molecule has 0 aliphatic heterocycles. The van der Waals surface area contributed by atoms with E-state index in [0.29, 0.717) is 13.1 Å². The Morgan fingerprint density at radius 1 is 0.963 bits per heavy atom. The molecule has 0 saturated carbocycles. The maximum absolute atomic E-state index is 12.3. The average molecular weight is 367 g/mol. The minimum absolute atomic E-state index is 0.00471. The minimum Gasteiger partial charge on any atom is -0.341 e. The third-order valence-corrected chi connectivity index (χ3v) is 4.32. The summed E-state index contributed by atoms with van der Waals surface area (Å²) in [4.78, 5) is 25.8. The normalized spacial score (nSPS) is 11.0. The average Bonchev–Trinajstić information content (AvgIpc) is 2.62. The predicted octanol–water partition coefficient (Wildman–Crippen LogP) is 4.15. The van der Waals surface area contributed by atoms with Crippen LogP contribution in [-0.4, -0.2) is 30.4 Å². The fourth-order valence-electron chi connectivity index (χ4n) is 2.64. The summed E-state index contributed by atoms with van der Waals surface area (Å²) in [6.07, 6.45) is 0.263. The van der Waals surface area contributed by atoms with Crippen LogP contribution in [0.15, 0.2) is 54.6 Å². The number of carbonyl (C=O) groups excluding carboxylic acids is 2. The van der Waals surface area contributed by atoms with E-state index in [2.05, 4.69) is 55.7 Å². The summed E-state index contributed by atoms with van der Waals surface area (Å²) >= 11 is 0. The molecule has 144 valence electrons. The molecule has 0 unspecified atom stereocenters. The van der Waals surface area contributed by atoms with E-state index in [1.165, 1.54) is 5.56 Å². The van der Waals surface area contributed by atoms with Crippen LogP contribution < -0.4 is 10.6 Å². The van der Waals surface area contributed by atoms with Crippen LogP contribution in [0.2, 0.25) is 0 Å². The Kier molecular flexibility index (Phi) is 6.99. The van der Waals surface area contributed by atoms with Crippen molar-refractivity contribution in [1.29, 1.82) is 0 Å². The number of hydrogen-bond acceptors (Lipinski definition) is 2. The van der Waals surface area contributed by atoms with Gasteiger partial charge in [0.05, 0.1) is 0 Å². The number of nitrogens with one attached hydrogen (secondary N) is 2. The van der Waals surface area contributed by atoms with Crippen molar-refractivity contribution >= 4 is 17.6 Å². The molecule has 0 spiro atoms. The number of urea groups is 1. The first-order chi connectivity index (χ1) is 12.8. The number of amides is 3. The van der Waals surface area contributed by atoms with Gasteiger partial charge in [0.25, 0.3) is 0 Å². The van der Waals surface area contributed by atoms with Crippen LogP contribution in [0.4, 0.5) is 10.5 Å². The van der Waals surface area contributed by atoms with Gasteiger partial charge in [-0.25, -0.2) is 4.79 Å². The Bertz CT molecular complexity index is 749. The summed E-state index contributed by atoms with van der Waals surface area (Å²) < 4.78 is 0. The second kappa shape index (κ2) is 9.21. The van der Waals surface area contributed by atoms with Gasteiger partial charge in [-0.05, 0) is 28.7 Å². The molecular weight excluding hydrogens is 338 g/mol. The lowest BCUT2D eigenvalue weighted by Crippen LogP contribution is -2.34. The zero-order valence-electron chi connectivity index (χ0n) is 16.6. The van der Waals surface area contributed by atoms with Crippen molar-refractivity contribution in [2.24, 2.45) is 0 Å². The van der Waals surface area contributed by atoms with Crippen LogP contribution in [0.1, 0.15) is 38.3 Å². The molecule has 0 atom stereocenters. The van der Waals surface area contributed by atoms with Crippen LogP contribution in [0.5, 0.6) is 0 Å². The van der Waals surface area contributed by atoms with E-state index < -0.39 is 0 Å². The highest BCUT2D eigenvalue weighted by Gasteiger charge is 2.14. The molecule has 5 nitrogen and oxygen atoms in total. The summed E-state index contributed by atoms with van der Waals surface area (Å²) in [5.41, 5.74) is 3.20. The lowest BCUT2D eigenvalue weighted by molar-refractivity contribution is -0.130. The van der Waals surface area contributed by atoms with Gasteiger partial charge in [0.2, 0.25) is 5.91 Å². The molecule has 0 saturated heterocycles. The molecule has 0 heterocycles. The van der Waals surface area contributed by atoms with E-state index in [9.17, 15) is 9.59 Å². The molecule has 0 fully saturated rings. The highest BCUT2D eigenvalue weighted by molar-refractivity contribution is 5.89. The monoisotopic (exact) mass is 367 g/mol. The Morgan fingerprint density at radius 3 is 2.19 bits per heavy atom. The van der Waals surface area contributed by atoms with Gasteiger partial charge in [-0.15, -0.1) is 0 Å². The molecule has 0 aliphatic carbocycles. The summed E-state index contributed by atoms with van der Waals surface area (Å²) in [5.74, 6) is -0.00471. The van der Waals surface area contributed by atoms with Gasteiger partial charge in [0.1, 0.15) is 0 Å². The largest absolute Gasteiger partial charge is 0.341 e. The number of benzene rings is 2. The minimum atomic E-state index is -0.311. The van der Waals surface area contributed by atoms with Crippen molar-refractivity contribution in [2.75, 3.05) is 18.9 Å². The first-order valence-electron chi connectivity index (χ1n) is 9.19. The number of carbonyl (C=O) groups is 2. The van der Waals surface area contributed by atoms with E-state index in [4.69, 9.17) is 0 Å². The number of hydrogen-bond donors (Lipinski definition) is 2. The Morgan fingerprint density at radius 2 is 1.59 bits per heavy atom. The molecule has 5 heteroatoms. The third-order valence-electron chi connectivity index (χ3n) is 4.32. The second-order valence-corrected chi connectivity index (χ2v) is 7.69. The van der Waals surface area contributed by atoms with Crippen molar-refractivity contribution in [3.63, 3.8) is 0 Å². The Labute approximate surface area is 161 Å². The van der Waals surface area contributed by atoms with Crippen molar-refractivity contribution in [1.82, 2.24) is 10.2 Å². The molecule has 2 aromatic rings. The summed E-state index contributed by atoms with van der Waals surface area (Å²) in [5, 5.41) is 5.43. The lowest BCUT2D eigenvalue weighted by Gasteiger charge is -2.21. The lowest BCUT2D eigenvalue weighted by atomic mass is 9.87. The maximum atomic E-state index is 12.3. The van der Waals surface area contributed by atoms with Gasteiger partial charge in [-0.2, -0.15) is 0 Å². The van der Waals surface area contributed by atoms with Crippen LogP contribution in [0, 0.1) is 0 Å². The van der Waals surface area contributed by atoms with E-state index in [-0.39, 0.29) is 23.8 Å². The Balaban J connectivity index is 1.74. The number of rotatable bonds is 6. The predicted molar refractivity (Wildman–Crippen MR) is 110 cm³/mol. The van der Waals surface area contributed by atoms with Gasteiger partial charge < -0.3 is 15.5 Å². The molecule has 0 aliphatic rings. The van der Waals surface area contributed by atoms with Crippen molar-refractivity contribution in [3.05, 3.63) is 65.7 Å². The van der Waals surface area contributed by atoms with Crippen molar-refractivity contribution in [2.45, 2.75) is 39.2 Å². The fraction of sp³-hybridized carbons (Fsp3) is 0.364. The highest BCUT2D eigenvalue weighted by Crippen LogP contribution is 2.22. The zero-order valence-corrected chi connectivity index (χ0v) is 16.6. The highest BCUT2D eigenvalue weighted by atomic mass is 16.2. The molecule has 0 radical (unpaired) electrons. The van der Waals surface area contributed by atoms with E-state index in [0.717, 1.165) is 11.3 Å². The maximum Gasteiger partial charge on any atom is 0.319 e. The molecular formula is C22H29N3O2. The first kappa shape index (κ1) is 20.5. The van der Waals surface area contributed by atoms with Crippen LogP contribution in [0.3, 0.4) is 0 Å². The van der Waals surface area contributed by atoms with Gasteiger partial charge in [-0.3, -0.25) is 4.79 Å². The summed E-state index contributed by atoms with van der Waals surface area (Å²) in [6.45, 7) is 7.39. The molecule has 2 N–H and O–H groups in total. The Hall–Kier alpha value is -2.82. The van der Waals surface area contributed by atoms with Crippen LogP contribution in [0.25, 0.3) is 0 Å². The topological polar surface area (TPSA) is 61.4 Å². The van der Waals surface area contributed by atoms with Gasteiger partial charge >= 0.3 is 6.03 Å². The van der Waals surface area contributed by atoms with Crippen molar-refractivity contribution in [3.8, 4) is 0 Å². The zero-order chi connectivity index (χ0) is 19.9. The molecule has 2 aromatic carbocycles. The summed E-state index contributed by atoms with van der Waals surface area (Å²) in [7, 11) is 1.78. The van der Waals surface area contributed by atoms with Gasteiger partial charge in [0, 0.05) is 32.2 Å².